The molecule has 0 aliphatic heterocycles. The number of carbonyl (C=O) groups is 9. The summed E-state index contributed by atoms with van der Waals surface area (Å²) < 4.78 is 70.0. The molecule has 0 aliphatic rings. The molecule has 0 unspecified atom stereocenters. The van der Waals surface area contributed by atoms with Gasteiger partial charge in [0, 0.05) is 98.9 Å². The Morgan fingerprint density at radius 3 is 0.650 bits per heavy atom. The van der Waals surface area contributed by atoms with Crippen molar-refractivity contribution in [2.75, 3.05) is 94.5 Å². The van der Waals surface area contributed by atoms with Crippen LogP contribution in [0.1, 0.15) is 485 Å². The number of allylic oxidation sites excluding steroid dienone is 10. The molecule has 0 amide bonds. The molecule has 0 aliphatic carbocycles. The van der Waals surface area contributed by atoms with Crippen LogP contribution in [-0.4, -0.2) is 167 Å². The summed E-state index contributed by atoms with van der Waals surface area (Å²) in [5.74, 6) is -1.38. The largest absolute Gasteiger partial charge is 0.462 e. The molecule has 0 radical (unpaired) electrons. The number of unbranched alkanes of at least 4 members (excludes halogenated alkanes) is 40. The second-order valence-electron chi connectivity index (χ2n) is 37.3. The summed E-state index contributed by atoms with van der Waals surface area (Å²) >= 11 is 0. The molecule has 22 heteroatoms. The molecule has 0 N–H and O–H groups in total. The number of ether oxygens (including phenoxy) is 13. The Morgan fingerprint density at radius 2 is 0.400 bits per heavy atom. The van der Waals surface area contributed by atoms with Gasteiger partial charge < -0.3 is 61.6 Å². The summed E-state index contributed by atoms with van der Waals surface area (Å²) in [5, 5.41) is 0. The molecule has 0 heterocycles. The van der Waals surface area contributed by atoms with Gasteiger partial charge in [0.2, 0.25) is 0 Å². The Balaban J connectivity index is -0.00000202. The maximum absolute atomic E-state index is 12.8. The number of methoxy groups -OCH3 is 4. The van der Waals surface area contributed by atoms with Crippen LogP contribution in [0.4, 0.5) is 0 Å². The minimum absolute atomic E-state index is 0.0188. The first-order valence-corrected chi connectivity index (χ1v) is 56.2. The van der Waals surface area contributed by atoms with Gasteiger partial charge in [0.15, 0.2) is 0 Å². The fourth-order valence-corrected chi connectivity index (χ4v) is 15.5. The number of esters is 9. The second-order valence-corrected chi connectivity index (χ2v) is 37.3. The summed E-state index contributed by atoms with van der Waals surface area (Å²) in [4.78, 5) is 109. The number of hydrogen-bond donors (Lipinski definition) is 0. The minimum Gasteiger partial charge on any atom is -0.462 e. The summed E-state index contributed by atoms with van der Waals surface area (Å²) in [6.07, 6.45) is 97.6. The fourth-order valence-electron chi connectivity index (χ4n) is 15.5. The summed E-state index contributed by atoms with van der Waals surface area (Å²) in [5.41, 5.74) is 0. The first-order valence-electron chi connectivity index (χ1n) is 56.2. The van der Waals surface area contributed by atoms with Crippen molar-refractivity contribution >= 4 is 53.7 Å². The van der Waals surface area contributed by atoms with Crippen LogP contribution in [0.5, 0.6) is 0 Å². The zero-order valence-corrected chi connectivity index (χ0v) is 90.9. The highest BCUT2D eigenvalue weighted by Gasteiger charge is 2.22. The van der Waals surface area contributed by atoms with Crippen LogP contribution in [0.25, 0.3) is 0 Å². The van der Waals surface area contributed by atoms with E-state index in [1.165, 1.54) is 128 Å². The maximum atomic E-state index is 12.8. The summed E-state index contributed by atoms with van der Waals surface area (Å²) in [6.45, 7) is 17.3. The molecule has 0 spiro atoms. The molecule has 0 bridgehead atoms. The third-order valence-electron chi connectivity index (χ3n) is 23.9. The fraction of sp³-hybridized carbons (Fsp3) is 0.788. The van der Waals surface area contributed by atoms with Gasteiger partial charge in [0.05, 0.1) is 19.6 Å². The van der Waals surface area contributed by atoms with E-state index in [4.69, 9.17) is 61.6 Å². The normalized spacial score (nSPS) is 11.7. The molecule has 0 aromatic carbocycles. The van der Waals surface area contributed by atoms with Crippen LogP contribution in [0.15, 0.2) is 97.2 Å². The van der Waals surface area contributed by atoms with Crippen molar-refractivity contribution < 1.29 is 105 Å². The van der Waals surface area contributed by atoms with Crippen molar-refractivity contribution in [3.63, 3.8) is 0 Å². The zero-order chi connectivity index (χ0) is 103. The molecule has 0 fully saturated rings. The predicted octanol–water partition coefficient (Wildman–Crippen LogP) is 30.6. The van der Waals surface area contributed by atoms with Crippen molar-refractivity contribution in [1.82, 2.24) is 0 Å². The Labute approximate surface area is 854 Å². The Kier molecular flexibility index (Phi) is 113. The third-order valence-corrected chi connectivity index (χ3v) is 23.9. The minimum atomic E-state index is -0.191. The first-order chi connectivity index (χ1) is 68.5. The van der Waals surface area contributed by atoms with E-state index >= 15 is 0 Å². The topological polar surface area (TPSA) is 274 Å². The highest BCUT2D eigenvalue weighted by molar-refractivity contribution is 5.72. The number of rotatable bonds is 101. The summed E-state index contributed by atoms with van der Waals surface area (Å²) in [6, 6.07) is 0. The molecular weight excluding hydrogens is 1770 g/mol. The van der Waals surface area contributed by atoms with E-state index in [9.17, 15) is 43.2 Å². The van der Waals surface area contributed by atoms with Gasteiger partial charge in [-0.3, -0.25) is 43.2 Å². The molecule has 0 saturated heterocycles. The Bertz CT molecular complexity index is 2880. The predicted molar refractivity (Wildman–Crippen MR) is 572 cm³/mol. The van der Waals surface area contributed by atoms with Crippen LogP contribution in [-0.2, 0) is 105 Å². The monoisotopic (exact) mass is 1980 g/mol. The lowest BCUT2D eigenvalue weighted by Gasteiger charge is -2.20. The van der Waals surface area contributed by atoms with E-state index in [1.807, 2.05) is 60.8 Å². The van der Waals surface area contributed by atoms with Gasteiger partial charge in [0.25, 0.3) is 0 Å². The number of carbonyl (C=O) groups excluding carboxylic acids is 9. The van der Waals surface area contributed by atoms with Gasteiger partial charge in [-0.2, -0.15) is 0 Å². The third kappa shape index (κ3) is 111. The molecule has 0 aromatic rings. The van der Waals surface area contributed by atoms with E-state index < -0.39 is 0 Å². The van der Waals surface area contributed by atoms with Gasteiger partial charge in [-0.15, -0.1) is 0 Å². The average molecular weight is 1980 g/mol. The van der Waals surface area contributed by atoms with Gasteiger partial charge >= 0.3 is 53.7 Å². The standard InChI is InChI=1S/C42H76O8.C40H68O7.C36H64O7/c1-5-7-9-11-13-21-27-33-48-40(43)31-25-19-15-17-23-29-39(50-42(45)35-38(36-46-3)37-47-4)30-24-18-16-20-26-32-41(44)49-34-28-22-14-12-10-8-6-2;1-4-6-8-10-12-20-26-35-45-38(41)31-24-18-14-16-22-29-37(47-40(43)33-28-34-44-3)30-23-17-15-19-25-32-39(42)46-36-27-21-13-11-9-7-5-2;1-4-6-8-10-12-14-22-31-41-34(37)27-20-16-18-25-33(43-36(39)29-24-30-40-3)26-19-17-21-28-35(38)42-32-23-15-13-11-9-7-5-2/h21-22,27-28,38-39H,5-20,23-26,29-37H2,1-4H3;10-13,20-21,26-27,37H,4-9,14-19,22-25,28-36H2,1-3H3;14-15,22-23,33H,4-13,16-21,24-32H2,1-3H3/b27-21+,28-22+;12-10+,13-11+,26-20+,27-21+;22-14+,23-15+. The van der Waals surface area contributed by atoms with Crippen LogP contribution in [0.3, 0.4) is 0 Å². The van der Waals surface area contributed by atoms with Crippen LogP contribution in [0, 0.1) is 5.92 Å². The van der Waals surface area contributed by atoms with Gasteiger partial charge in [-0.05, 0) is 205 Å². The lowest BCUT2D eigenvalue weighted by molar-refractivity contribution is -0.152. The zero-order valence-electron chi connectivity index (χ0n) is 90.9. The van der Waals surface area contributed by atoms with E-state index in [2.05, 4.69) is 78.0 Å². The molecule has 812 valence electrons. The van der Waals surface area contributed by atoms with Crippen molar-refractivity contribution in [3.8, 4) is 0 Å². The van der Waals surface area contributed by atoms with Crippen molar-refractivity contribution in [2.24, 2.45) is 5.92 Å². The van der Waals surface area contributed by atoms with E-state index in [-0.39, 0.29) is 84.4 Å². The molecule has 0 atom stereocenters. The highest BCUT2D eigenvalue weighted by Crippen LogP contribution is 2.24. The van der Waals surface area contributed by atoms with Gasteiger partial charge in [0.1, 0.15) is 58.0 Å². The maximum Gasteiger partial charge on any atom is 0.306 e. The molecule has 22 nitrogen and oxygen atoms in total. The lowest BCUT2D eigenvalue weighted by atomic mass is 10.0. The molecule has 0 rings (SSSR count). The molecule has 0 aromatic heterocycles. The van der Waals surface area contributed by atoms with E-state index in [0.29, 0.717) is 130 Å². The van der Waals surface area contributed by atoms with E-state index in [1.54, 1.807) is 28.4 Å². The molecular formula is C118H208O22. The Morgan fingerprint density at radius 1 is 0.193 bits per heavy atom. The Hall–Kier alpha value is -7.01. The number of hydrogen-bond acceptors (Lipinski definition) is 22. The van der Waals surface area contributed by atoms with E-state index in [0.717, 1.165) is 244 Å². The van der Waals surface area contributed by atoms with Gasteiger partial charge in [-0.1, -0.05) is 319 Å². The van der Waals surface area contributed by atoms with Crippen LogP contribution in [0.2, 0.25) is 0 Å². The van der Waals surface area contributed by atoms with Crippen LogP contribution >= 0.6 is 0 Å². The smallest absolute Gasteiger partial charge is 0.306 e. The van der Waals surface area contributed by atoms with Crippen LogP contribution < -0.4 is 0 Å². The average Bonchev–Trinajstić information content (AvgIpc) is 0.940. The second kappa shape index (κ2) is 116. The molecule has 140 heavy (non-hydrogen) atoms. The van der Waals surface area contributed by atoms with Crippen molar-refractivity contribution in [2.45, 2.75) is 503 Å². The van der Waals surface area contributed by atoms with Crippen molar-refractivity contribution in [3.05, 3.63) is 97.2 Å². The highest BCUT2D eigenvalue weighted by atomic mass is 16.6. The van der Waals surface area contributed by atoms with Crippen molar-refractivity contribution in [1.29, 1.82) is 0 Å². The molecule has 0 saturated carbocycles. The first kappa shape index (κ1) is 137. The quantitative estimate of drug-likeness (QED) is 0.0180. The summed E-state index contributed by atoms with van der Waals surface area (Å²) in [7, 11) is 6.52. The SMILES string of the molecule is CCCC/C=C/C=C/COC(=O)CCCCCCCC(CCCCCCCC(=O)OC/C=C/C=C/CCCC)OC(=O)CCCOC.CCCCCC/C=C/COC(=O)CCCCCC(CCCCCC(=O)OC/C=C/CCCCCC)OC(=O)CCCOC.CCCCCC/C=C/COC(=O)CCCCCCCC(CCCCCCCC(=O)OC/C=C/CCCCCC)OC(=O)CC(COC)COC. The lowest BCUT2D eigenvalue weighted by Crippen LogP contribution is -2.24. The van der Waals surface area contributed by atoms with Gasteiger partial charge in [-0.25, -0.2) is 0 Å².